The van der Waals surface area contributed by atoms with Crippen molar-refractivity contribution in [2.45, 2.75) is 13.0 Å². The second-order valence-corrected chi connectivity index (χ2v) is 4.96. The average Bonchev–Trinajstić information content (AvgIpc) is 2.91. The number of hydrogen-bond donors (Lipinski definition) is 0. The van der Waals surface area contributed by atoms with Gasteiger partial charge < -0.3 is 14.2 Å². The highest BCUT2D eigenvalue weighted by molar-refractivity contribution is 5.92. The topological polar surface area (TPSA) is 47.4 Å². The van der Waals surface area contributed by atoms with Crippen molar-refractivity contribution in [1.29, 1.82) is 0 Å². The first-order valence-electron chi connectivity index (χ1n) is 6.61. The number of ether oxygens (including phenoxy) is 1. The molecular formula is C15H17N3O2. The van der Waals surface area contributed by atoms with Gasteiger partial charge in [-0.25, -0.2) is 4.98 Å². The van der Waals surface area contributed by atoms with Crippen molar-refractivity contribution in [3.63, 3.8) is 0 Å². The largest absolute Gasteiger partial charge is 0.496 e. The number of amides is 1. The van der Waals surface area contributed by atoms with Gasteiger partial charge in [0.2, 0.25) is 0 Å². The Labute approximate surface area is 117 Å². The van der Waals surface area contributed by atoms with E-state index in [4.69, 9.17) is 4.74 Å². The van der Waals surface area contributed by atoms with Crippen LogP contribution in [0.4, 0.5) is 0 Å². The minimum atomic E-state index is 0.0264. The van der Waals surface area contributed by atoms with Gasteiger partial charge in [-0.3, -0.25) is 4.79 Å². The van der Waals surface area contributed by atoms with Gasteiger partial charge in [0.15, 0.2) is 0 Å². The summed E-state index contributed by atoms with van der Waals surface area (Å²) in [4.78, 5) is 18.3. The van der Waals surface area contributed by atoms with Crippen LogP contribution >= 0.6 is 0 Å². The van der Waals surface area contributed by atoms with E-state index in [2.05, 4.69) is 11.1 Å². The quantitative estimate of drug-likeness (QED) is 0.834. The summed E-state index contributed by atoms with van der Waals surface area (Å²) in [6.07, 6.45) is 4.08. The van der Waals surface area contributed by atoms with Crippen molar-refractivity contribution in [2.75, 3.05) is 13.7 Å². The number of nitrogens with zero attached hydrogens (tertiary/aromatic N) is 3. The smallest absolute Gasteiger partial charge is 0.272 e. The maximum absolute atomic E-state index is 12.5. The second kappa shape index (κ2) is 5.00. The molecule has 1 aromatic heterocycles. The molecular weight excluding hydrogens is 254 g/mol. The molecule has 5 heteroatoms. The van der Waals surface area contributed by atoms with Crippen LogP contribution in [0.2, 0.25) is 0 Å². The molecule has 0 unspecified atom stereocenters. The Morgan fingerprint density at radius 3 is 2.95 bits per heavy atom. The highest BCUT2D eigenvalue weighted by Crippen LogP contribution is 2.28. The standard InChI is InChI=1S/C15H17N3O2/c1-17-10-16-8-13(17)15(19)18-7-6-12-11(9-18)4-3-5-14(12)20-2/h3-5,8,10H,6-7,9H2,1-2H3. The molecule has 2 aromatic rings. The van der Waals surface area contributed by atoms with E-state index in [9.17, 15) is 4.79 Å². The summed E-state index contributed by atoms with van der Waals surface area (Å²) in [7, 11) is 3.52. The Morgan fingerprint density at radius 2 is 2.25 bits per heavy atom. The number of carbonyl (C=O) groups excluding carboxylic acids is 1. The molecule has 0 radical (unpaired) electrons. The number of carbonyl (C=O) groups is 1. The summed E-state index contributed by atoms with van der Waals surface area (Å²) in [6, 6.07) is 5.99. The molecule has 1 aliphatic rings. The minimum Gasteiger partial charge on any atom is -0.496 e. The Kier molecular flexibility index (Phi) is 3.18. The van der Waals surface area contributed by atoms with Crippen LogP contribution in [0.1, 0.15) is 21.6 Å². The van der Waals surface area contributed by atoms with Crippen LogP contribution in [-0.4, -0.2) is 34.0 Å². The molecule has 0 saturated heterocycles. The fourth-order valence-corrected chi connectivity index (χ4v) is 2.66. The molecule has 0 spiro atoms. The molecule has 1 amide bonds. The van der Waals surface area contributed by atoms with Crippen LogP contribution in [0.25, 0.3) is 0 Å². The molecule has 0 bridgehead atoms. The number of hydrogen-bond acceptors (Lipinski definition) is 3. The molecule has 0 aliphatic carbocycles. The Bertz CT molecular complexity index is 648. The van der Waals surface area contributed by atoms with E-state index in [0.29, 0.717) is 18.8 Å². The third kappa shape index (κ3) is 2.05. The predicted octanol–water partition coefficient (Wildman–Crippen LogP) is 1.63. The molecule has 20 heavy (non-hydrogen) atoms. The Balaban J connectivity index is 1.86. The molecule has 1 aliphatic heterocycles. The van der Waals surface area contributed by atoms with Crippen LogP contribution in [-0.2, 0) is 20.0 Å². The molecule has 1 aromatic carbocycles. The summed E-state index contributed by atoms with van der Waals surface area (Å²) in [5.74, 6) is 0.939. The Hall–Kier alpha value is -2.30. The number of benzene rings is 1. The number of fused-ring (bicyclic) bond motifs is 1. The monoisotopic (exact) mass is 271 g/mol. The van der Waals surface area contributed by atoms with Crippen molar-refractivity contribution in [3.05, 3.63) is 47.5 Å². The van der Waals surface area contributed by atoms with E-state index in [0.717, 1.165) is 17.7 Å². The maximum atomic E-state index is 12.5. The fraction of sp³-hybridized carbons (Fsp3) is 0.333. The second-order valence-electron chi connectivity index (χ2n) is 4.96. The molecule has 0 saturated carbocycles. The van der Waals surface area contributed by atoms with Crippen molar-refractivity contribution in [1.82, 2.24) is 14.5 Å². The molecule has 0 N–H and O–H groups in total. The summed E-state index contributed by atoms with van der Waals surface area (Å²) >= 11 is 0. The number of imidazole rings is 1. The summed E-state index contributed by atoms with van der Waals surface area (Å²) < 4.78 is 7.14. The van der Waals surface area contributed by atoms with Crippen LogP contribution in [0.3, 0.4) is 0 Å². The van der Waals surface area contributed by atoms with Crippen molar-refractivity contribution < 1.29 is 9.53 Å². The van der Waals surface area contributed by atoms with Gasteiger partial charge in [-0.2, -0.15) is 0 Å². The average molecular weight is 271 g/mol. The summed E-state index contributed by atoms with van der Waals surface area (Å²) in [6.45, 7) is 1.33. The minimum absolute atomic E-state index is 0.0264. The van der Waals surface area contributed by atoms with E-state index in [1.54, 1.807) is 24.2 Å². The van der Waals surface area contributed by atoms with Gasteiger partial charge in [0, 0.05) is 25.7 Å². The van der Waals surface area contributed by atoms with E-state index in [-0.39, 0.29) is 5.91 Å². The first kappa shape index (κ1) is 12.7. The molecule has 5 nitrogen and oxygen atoms in total. The first-order valence-corrected chi connectivity index (χ1v) is 6.61. The lowest BCUT2D eigenvalue weighted by molar-refractivity contribution is 0.0724. The zero-order valence-electron chi connectivity index (χ0n) is 11.7. The Morgan fingerprint density at radius 1 is 1.40 bits per heavy atom. The van der Waals surface area contributed by atoms with Crippen LogP contribution in [0.15, 0.2) is 30.7 Å². The van der Waals surface area contributed by atoms with Crippen LogP contribution < -0.4 is 4.74 Å². The lowest BCUT2D eigenvalue weighted by Gasteiger charge is -2.29. The first-order chi connectivity index (χ1) is 9.70. The molecule has 2 heterocycles. The van der Waals surface area contributed by atoms with E-state index >= 15 is 0 Å². The normalized spacial score (nSPS) is 14.0. The molecule has 0 atom stereocenters. The third-order valence-electron chi connectivity index (χ3n) is 3.77. The van der Waals surface area contributed by atoms with Crippen LogP contribution in [0, 0.1) is 0 Å². The van der Waals surface area contributed by atoms with Crippen molar-refractivity contribution >= 4 is 5.91 Å². The summed E-state index contributed by atoms with van der Waals surface area (Å²) in [5.41, 5.74) is 2.99. The number of aromatic nitrogens is 2. The zero-order valence-corrected chi connectivity index (χ0v) is 11.7. The SMILES string of the molecule is COc1cccc2c1CCN(C(=O)c1cncn1C)C2. The van der Waals surface area contributed by atoms with E-state index in [1.807, 2.05) is 24.1 Å². The predicted molar refractivity (Wildman–Crippen MR) is 74.6 cm³/mol. The zero-order chi connectivity index (χ0) is 14.1. The van der Waals surface area contributed by atoms with E-state index < -0.39 is 0 Å². The number of aryl methyl sites for hydroxylation is 1. The van der Waals surface area contributed by atoms with Crippen LogP contribution in [0.5, 0.6) is 5.75 Å². The van der Waals surface area contributed by atoms with Gasteiger partial charge in [0.05, 0.1) is 19.6 Å². The van der Waals surface area contributed by atoms with E-state index in [1.165, 1.54) is 5.56 Å². The van der Waals surface area contributed by atoms with Crippen molar-refractivity contribution in [3.8, 4) is 5.75 Å². The lowest BCUT2D eigenvalue weighted by atomic mass is 9.98. The molecule has 0 fully saturated rings. The maximum Gasteiger partial charge on any atom is 0.272 e. The van der Waals surface area contributed by atoms with Gasteiger partial charge in [-0.15, -0.1) is 0 Å². The van der Waals surface area contributed by atoms with Gasteiger partial charge in [-0.1, -0.05) is 12.1 Å². The number of rotatable bonds is 2. The third-order valence-corrected chi connectivity index (χ3v) is 3.77. The summed E-state index contributed by atoms with van der Waals surface area (Å²) in [5, 5.41) is 0. The highest BCUT2D eigenvalue weighted by atomic mass is 16.5. The van der Waals surface area contributed by atoms with Crippen molar-refractivity contribution in [2.24, 2.45) is 7.05 Å². The molecule has 3 rings (SSSR count). The number of methoxy groups -OCH3 is 1. The fourth-order valence-electron chi connectivity index (χ4n) is 2.66. The van der Waals surface area contributed by atoms with Gasteiger partial charge >= 0.3 is 0 Å². The highest BCUT2D eigenvalue weighted by Gasteiger charge is 2.24. The molecule has 104 valence electrons. The van der Waals surface area contributed by atoms with Gasteiger partial charge in [0.25, 0.3) is 5.91 Å². The van der Waals surface area contributed by atoms with Gasteiger partial charge in [0.1, 0.15) is 11.4 Å². The lowest BCUT2D eigenvalue weighted by Crippen LogP contribution is -2.36. The van der Waals surface area contributed by atoms with Gasteiger partial charge in [-0.05, 0) is 18.1 Å².